The maximum absolute atomic E-state index is 12.7. The van der Waals surface area contributed by atoms with E-state index in [1.807, 2.05) is 30.3 Å². The van der Waals surface area contributed by atoms with E-state index in [1.165, 1.54) is 24.3 Å². The van der Waals surface area contributed by atoms with Crippen LogP contribution in [0.5, 0.6) is 0 Å². The maximum atomic E-state index is 12.7. The average Bonchev–Trinajstić information content (AvgIpc) is 2.69. The lowest BCUT2D eigenvalue weighted by molar-refractivity contribution is 0.0950. The van der Waals surface area contributed by atoms with Crippen LogP contribution in [0.1, 0.15) is 15.9 Å². The van der Waals surface area contributed by atoms with Crippen molar-refractivity contribution >= 4 is 44.8 Å². The predicted octanol–water partition coefficient (Wildman–Crippen LogP) is 4.72. The molecule has 0 saturated heterocycles. The molecule has 3 rings (SSSR count). The summed E-state index contributed by atoms with van der Waals surface area (Å²) in [7, 11) is -4.04. The van der Waals surface area contributed by atoms with Gasteiger partial charge in [-0.15, -0.1) is 0 Å². The molecule has 0 heterocycles. The Hall–Kier alpha value is -2.54. The van der Waals surface area contributed by atoms with Crippen molar-refractivity contribution in [3.05, 3.63) is 94.0 Å². The largest absolute Gasteiger partial charge is 0.348 e. The molecule has 0 fully saturated rings. The quantitative estimate of drug-likeness (QED) is 0.588. The minimum atomic E-state index is -4.04. The second-order valence-electron chi connectivity index (χ2n) is 5.90. The fraction of sp³-hybridized carbons (Fsp3) is 0.0500. The number of hydrogen-bond donors (Lipinski definition) is 2. The van der Waals surface area contributed by atoms with Gasteiger partial charge in [0.1, 0.15) is 4.90 Å². The van der Waals surface area contributed by atoms with Crippen molar-refractivity contribution in [1.29, 1.82) is 0 Å². The molecular weight excluding hydrogens is 419 g/mol. The van der Waals surface area contributed by atoms with Gasteiger partial charge in [-0.1, -0.05) is 65.7 Å². The standard InChI is InChI=1S/C20H16Cl2N2O3S/c21-16-8-4-5-9-18(16)24-28(26,27)19-12-15(10-11-17(19)22)20(25)23-13-14-6-2-1-3-7-14/h1-12,24H,13H2,(H,23,25). The molecule has 3 aromatic rings. The van der Waals surface area contributed by atoms with E-state index in [1.54, 1.807) is 18.2 Å². The first-order valence-corrected chi connectivity index (χ1v) is 10.5. The van der Waals surface area contributed by atoms with Crippen LogP contribution < -0.4 is 10.0 Å². The van der Waals surface area contributed by atoms with Gasteiger partial charge >= 0.3 is 0 Å². The van der Waals surface area contributed by atoms with Crippen LogP contribution in [0.15, 0.2) is 77.7 Å². The summed E-state index contributed by atoms with van der Waals surface area (Å²) in [5.41, 5.74) is 1.33. The zero-order chi connectivity index (χ0) is 20.1. The Bertz CT molecular complexity index is 1100. The van der Waals surface area contributed by atoms with Crippen LogP contribution in [0.2, 0.25) is 10.0 Å². The number of rotatable bonds is 6. The summed E-state index contributed by atoms with van der Waals surface area (Å²) in [5.74, 6) is -0.408. The normalized spacial score (nSPS) is 11.1. The van der Waals surface area contributed by atoms with Gasteiger partial charge in [0.15, 0.2) is 0 Å². The molecule has 3 aromatic carbocycles. The van der Waals surface area contributed by atoms with Crippen molar-refractivity contribution in [2.24, 2.45) is 0 Å². The highest BCUT2D eigenvalue weighted by Crippen LogP contribution is 2.28. The van der Waals surface area contributed by atoms with E-state index in [0.29, 0.717) is 6.54 Å². The zero-order valence-electron chi connectivity index (χ0n) is 14.5. The van der Waals surface area contributed by atoms with Crippen LogP contribution in [0.3, 0.4) is 0 Å². The van der Waals surface area contributed by atoms with Gasteiger partial charge in [-0.2, -0.15) is 0 Å². The SMILES string of the molecule is O=C(NCc1ccccc1)c1ccc(Cl)c(S(=O)(=O)Nc2ccccc2Cl)c1. The maximum Gasteiger partial charge on any atom is 0.263 e. The smallest absolute Gasteiger partial charge is 0.263 e. The Labute approximate surface area is 173 Å². The van der Waals surface area contributed by atoms with E-state index in [0.717, 1.165) is 5.56 Å². The number of carbonyl (C=O) groups is 1. The molecule has 0 aliphatic rings. The molecule has 1 amide bonds. The van der Waals surface area contributed by atoms with Crippen molar-refractivity contribution < 1.29 is 13.2 Å². The Kier molecular flexibility index (Phi) is 6.24. The number of anilines is 1. The predicted molar refractivity (Wildman–Crippen MR) is 111 cm³/mol. The highest BCUT2D eigenvalue weighted by molar-refractivity contribution is 7.92. The number of para-hydroxylation sites is 1. The van der Waals surface area contributed by atoms with Gasteiger partial charge in [0.25, 0.3) is 15.9 Å². The number of hydrogen-bond acceptors (Lipinski definition) is 3. The number of halogens is 2. The van der Waals surface area contributed by atoms with E-state index in [2.05, 4.69) is 10.0 Å². The van der Waals surface area contributed by atoms with Crippen LogP contribution in [-0.2, 0) is 16.6 Å². The summed E-state index contributed by atoms with van der Waals surface area (Å²) in [5, 5.41) is 3.00. The Balaban J connectivity index is 1.82. The minimum Gasteiger partial charge on any atom is -0.348 e. The molecule has 0 unspecified atom stereocenters. The molecule has 8 heteroatoms. The van der Waals surface area contributed by atoms with Crippen molar-refractivity contribution in [1.82, 2.24) is 5.32 Å². The van der Waals surface area contributed by atoms with Crippen LogP contribution in [0.4, 0.5) is 5.69 Å². The molecule has 144 valence electrons. The lowest BCUT2D eigenvalue weighted by atomic mass is 10.2. The number of sulfonamides is 1. The van der Waals surface area contributed by atoms with Crippen molar-refractivity contribution in [2.75, 3.05) is 4.72 Å². The van der Waals surface area contributed by atoms with E-state index in [9.17, 15) is 13.2 Å². The molecule has 0 radical (unpaired) electrons. The zero-order valence-corrected chi connectivity index (χ0v) is 16.9. The first-order chi connectivity index (χ1) is 13.4. The molecule has 0 bridgehead atoms. The third-order valence-corrected chi connectivity index (χ3v) is 6.07. The molecule has 5 nitrogen and oxygen atoms in total. The number of amides is 1. The highest BCUT2D eigenvalue weighted by Gasteiger charge is 2.21. The number of benzene rings is 3. The summed E-state index contributed by atoms with van der Waals surface area (Å²) in [6.45, 7) is 0.322. The third-order valence-electron chi connectivity index (χ3n) is 3.90. The summed E-state index contributed by atoms with van der Waals surface area (Å²) in [6, 6.07) is 19.9. The topological polar surface area (TPSA) is 75.3 Å². The molecular formula is C20H16Cl2N2O3S. The minimum absolute atomic E-state index is 0.000775. The Morgan fingerprint density at radius 2 is 1.54 bits per heavy atom. The van der Waals surface area contributed by atoms with Crippen LogP contribution >= 0.6 is 23.2 Å². The fourth-order valence-corrected chi connectivity index (χ4v) is 4.32. The summed E-state index contributed by atoms with van der Waals surface area (Å²) in [4.78, 5) is 12.2. The molecule has 0 aliphatic carbocycles. The first-order valence-electron chi connectivity index (χ1n) is 8.26. The van der Waals surface area contributed by atoms with Crippen molar-refractivity contribution in [3.63, 3.8) is 0 Å². The van der Waals surface area contributed by atoms with Gasteiger partial charge < -0.3 is 5.32 Å². The average molecular weight is 435 g/mol. The van der Waals surface area contributed by atoms with E-state index < -0.39 is 15.9 Å². The second kappa shape index (κ2) is 8.65. The molecule has 2 N–H and O–H groups in total. The van der Waals surface area contributed by atoms with Gasteiger partial charge in [0, 0.05) is 12.1 Å². The van der Waals surface area contributed by atoms with Crippen LogP contribution in [0.25, 0.3) is 0 Å². The number of carbonyl (C=O) groups excluding carboxylic acids is 1. The monoisotopic (exact) mass is 434 g/mol. The number of nitrogens with one attached hydrogen (secondary N) is 2. The van der Waals surface area contributed by atoms with Gasteiger partial charge in [-0.3, -0.25) is 9.52 Å². The first kappa shape index (κ1) is 20.2. The van der Waals surface area contributed by atoms with Gasteiger partial charge in [0.2, 0.25) is 0 Å². The van der Waals surface area contributed by atoms with E-state index in [-0.39, 0.29) is 26.2 Å². The fourth-order valence-electron chi connectivity index (χ4n) is 2.47. The van der Waals surface area contributed by atoms with Crippen LogP contribution in [0, 0.1) is 0 Å². The van der Waals surface area contributed by atoms with Crippen molar-refractivity contribution in [3.8, 4) is 0 Å². The summed E-state index contributed by atoms with van der Waals surface area (Å²) >= 11 is 12.1. The van der Waals surface area contributed by atoms with Gasteiger partial charge in [0.05, 0.1) is 15.7 Å². The highest BCUT2D eigenvalue weighted by atomic mass is 35.5. The molecule has 28 heavy (non-hydrogen) atoms. The third kappa shape index (κ3) is 4.84. The van der Waals surface area contributed by atoms with E-state index in [4.69, 9.17) is 23.2 Å². The molecule has 0 atom stereocenters. The molecule has 0 saturated carbocycles. The molecule has 0 spiro atoms. The van der Waals surface area contributed by atoms with Gasteiger partial charge in [-0.05, 0) is 35.9 Å². The summed E-state index contributed by atoms with van der Waals surface area (Å²) in [6.07, 6.45) is 0. The Morgan fingerprint density at radius 1 is 0.857 bits per heavy atom. The van der Waals surface area contributed by atoms with Crippen LogP contribution in [-0.4, -0.2) is 14.3 Å². The summed E-state index contributed by atoms with van der Waals surface area (Å²) < 4.78 is 27.9. The second-order valence-corrected chi connectivity index (χ2v) is 8.36. The molecule has 0 aromatic heterocycles. The molecule has 0 aliphatic heterocycles. The lowest BCUT2D eigenvalue weighted by Crippen LogP contribution is -2.23. The van der Waals surface area contributed by atoms with Crippen molar-refractivity contribution in [2.45, 2.75) is 11.4 Å². The van der Waals surface area contributed by atoms with E-state index >= 15 is 0 Å². The van der Waals surface area contributed by atoms with Gasteiger partial charge in [-0.25, -0.2) is 8.42 Å². The Morgan fingerprint density at radius 3 is 2.25 bits per heavy atom. The lowest BCUT2D eigenvalue weighted by Gasteiger charge is -2.12.